The van der Waals surface area contributed by atoms with Gasteiger partial charge in [0.25, 0.3) is 0 Å². The van der Waals surface area contributed by atoms with Crippen molar-refractivity contribution in [1.29, 1.82) is 5.26 Å². The summed E-state index contributed by atoms with van der Waals surface area (Å²) in [6, 6.07) is 18.5. The summed E-state index contributed by atoms with van der Waals surface area (Å²) >= 11 is 1.77. The van der Waals surface area contributed by atoms with E-state index in [2.05, 4.69) is 48.7 Å². The van der Waals surface area contributed by atoms with Crippen molar-refractivity contribution in [2.45, 2.75) is 50.2 Å². The number of nitrogens with zero attached hydrogens (tertiary/aromatic N) is 3. The van der Waals surface area contributed by atoms with Gasteiger partial charge < -0.3 is 9.30 Å². The summed E-state index contributed by atoms with van der Waals surface area (Å²) in [7, 11) is 0. The van der Waals surface area contributed by atoms with Gasteiger partial charge in [0.15, 0.2) is 5.16 Å². The molecule has 2 aromatic carbocycles. The van der Waals surface area contributed by atoms with Crippen molar-refractivity contribution in [3.63, 3.8) is 0 Å². The van der Waals surface area contributed by atoms with Crippen LogP contribution < -0.4 is 0 Å². The molecule has 5 heteroatoms. The van der Waals surface area contributed by atoms with Crippen molar-refractivity contribution in [1.82, 2.24) is 9.55 Å². The second-order valence-corrected chi connectivity index (χ2v) is 8.40. The zero-order valence-corrected chi connectivity index (χ0v) is 17.7. The number of hydrogen-bond acceptors (Lipinski definition) is 4. The van der Waals surface area contributed by atoms with Gasteiger partial charge in [-0.15, -0.1) is 0 Å². The van der Waals surface area contributed by atoms with Crippen LogP contribution in [0.25, 0.3) is 11.1 Å². The predicted molar refractivity (Wildman–Crippen MR) is 117 cm³/mol. The second kappa shape index (κ2) is 8.86. The maximum absolute atomic E-state index is 9.33. The lowest BCUT2D eigenvalue weighted by atomic mass is 10.00. The smallest absolute Gasteiger partial charge is 0.168 e. The maximum Gasteiger partial charge on any atom is 0.168 e. The average molecular weight is 404 g/mol. The quantitative estimate of drug-likeness (QED) is 0.509. The Balaban J connectivity index is 1.47. The van der Waals surface area contributed by atoms with Gasteiger partial charge in [0.2, 0.25) is 0 Å². The largest absolute Gasteiger partial charge is 0.376 e. The minimum atomic E-state index is 0.307. The van der Waals surface area contributed by atoms with Crippen LogP contribution in [0, 0.1) is 25.2 Å². The molecule has 1 aliphatic heterocycles. The minimum Gasteiger partial charge on any atom is -0.376 e. The molecule has 1 fully saturated rings. The van der Waals surface area contributed by atoms with Crippen LogP contribution in [0.5, 0.6) is 0 Å². The van der Waals surface area contributed by atoms with Gasteiger partial charge in [0.05, 0.1) is 30.0 Å². The lowest BCUT2D eigenvalue weighted by molar-refractivity contribution is 0.0945. The average Bonchev–Trinajstić information content (AvgIpc) is 3.36. The Morgan fingerprint density at radius 3 is 2.69 bits per heavy atom. The number of nitriles is 1. The number of aromatic nitrogens is 2. The zero-order chi connectivity index (χ0) is 20.2. The molecule has 0 saturated carbocycles. The molecule has 1 aromatic heterocycles. The Labute approximate surface area is 176 Å². The van der Waals surface area contributed by atoms with E-state index < -0.39 is 0 Å². The number of rotatable bonds is 6. The third kappa shape index (κ3) is 4.39. The van der Waals surface area contributed by atoms with Crippen LogP contribution in [0.3, 0.4) is 0 Å². The van der Waals surface area contributed by atoms with Gasteiger partial charge in [-0.2, -0.15) is 5.26 Å². The number of hydrogen-bond donors (Lipinski definition) is 0. The first-order valence-corrected chi connectivity index (χ1v) is 11.0. The maximum atomic E-state index is 9.33. The first kappa shape index (κ1) is 19.8. The number of aryl methyl sites for hydroxylation is 1. The normalized spacial score (nSPS) is 16.1. The monoisotopic (exact) mass is 403 g/mol. The van der Waals surface area contributed by atoms with Crippen LogP contribution in [0.15, 0.2) is 53.7 Å². The van der Waals surface area contributed by atoms with Crippen LogP contribution in [0.2, 0.25) is 0 Å². The number of thioether (sulfide) groups is 1. The summed E-state index contributed by atoms with van der Waals surface area (Å²) < 4.78 is 8.15. The van der Waals surface area contributed by atoms with Crippen LogP contribution in [0.4, 0.5) is 0 Å². The van der Waals surface area contributed by atoms with Crippen molar-refractivity contribution in [3.05, 3.63) is 71.0 Å². The predicted octanol–water partition coefficient (Wildman–Crippen LogP) is 5.51. The lowest BCUT2D eigenvalue weighted by Gasteiger charge is -2.14. The molecule has 0 aliphatic carbocycles. The first-order valence-electron chi connectivity index (χ1n) is 10.0. The molecular weight excluding hydrogens is 378 g/mol. The lowest BCUT2D eigenvalue weighted by Crippen LogP contribution is -2.16. The Morgan fingerprint density at radius 2 is 1.97 bits per heavy atom. The summed E-state index contributed by atoms with van der Waals surface area (Å²) in [5.74, 6) is 0.863. The van der Waals surface area contributed by atoms with Crippen molar-refractivity contribution in [2.75, 3.05) is 6.61 Å². The van der Waals surface area contributed by atoms with E-state index in [0.717, 1.165) is 53.7 Å². The molecular formula is C24H25N3OS. The van der Waals surface area contributed by atoms with E-state index >= 15 is 0 Å². The van der Waals surface area contributed by atoms with E-state index in [4.69, 9.17) is 9.72 Å². The Kier molecular flexibility index (Phi) is 6.03. The fraction of sp³-hybridized carbons (Fsp3) is 0.333. The highest BCUT2D eigenvalue weighted by molar-refractivity contribution is 7.98. The van der Waals surface area contributed by atoms with Gasteiger partial charge in [-0.1, -0.05) is 54.2 Å². The fourth-order valence-electron chi connectivity index (χ4n) is 3.70. The first-order chi connectivity index (χ1) is 14.2. The molecule has 4 rings (SSSR count). The summed E-state index contributed by atoms with van der Waals surface area (Å²) in [5.41, 5.74) is 6.32. The fourth-order valence-corrected chi connectivity index (χ4v) is 4.76. The highest BCUT2D eigenvalue weighted by Gasteiger charge is 2.20. The molecule has 0 bridgehead atoms. The highest BCUT2D eigenvalue weighted by Crippen LogP contribution is 2.28. The van der Waals surface area contributed by atoms with Gasteiger partial charge in [0.1, 0.15) is 0 Å². The summed E-state index contributed by atoms with van der Waals surface area (Å²) in [4.78, 5) is 4.79. The molecule has 4 nitrogen and oxygen atoms in total. The molecule has 0 spiro atoms. The van der Waals surface area contributed by atoms with Crippen molar-refractivity contribution < 1.29 is 4.74 Å². The van der Waals surface area contributed by atoms with Gasteiger partial charge >= 0.3 is 0 Å². The third-order valence-corrected chi connectivity index (χ3v) is 6.56. The molecule has 1 atom stereocenters. The van der Waals surface area contributed by atoms with Gasteiger partial charge in [-0.25, -0.2) is 4.98 Å². The molecule has 148 valence electrons. The molecule has 3 aromatic rings. The molecule has 0 radical (unpaired) electrons. The number of imidazole rings is 1. The summed E-state index contributed by atoms with van der Waals surface area (Å²) in [6.07, 6.45) is 2.59. The van der Waals surface area contributed by atoms with E-state index in [0.29, 0.717) is 11.7 Å². The summed E-state index contributed by atoms with van der Waals surface area (Å²) in [5, 5.41) is 10.4. The molecule has 0 N–H and O–H groups in total. The molecule has 0 amide bonds. The van der Waals surface area contributed by atoms with Gasteiger partial charge in [-0.3, -0.25) is 0 Å². The highest BCUT2D eigenvalue weighted by atomic mass is 32.2. The van der Waals surface area contributed by atoms with Crippen LogP contribution in [0.1, 0.15) is 35.4 Å². The van der Waals surface area contributed by atoms with Crippen molar-refractivity contribution in [2.24, 2.45) is 0 Å². The van der Waals surface area contributed by atoms with E-state index in [-0.39, 0.29) is 0 Å². The standard InChI is InChI=1S/C24H25N3OS/c1-17-18(2)27(15-22-7-5-13-28-22)24(26-17)29-16-19-9-11-20(12-10-19)23-8-4-3-6-21(23)14-25/h3-4,6,8-12,22H,5,7,13,15-16H2,1-2H3. The Morgan fingerprint density at radius 1 is 1.17 bits per heavy atom. The van der Waals surface area contributed by atoms with Crippen molar-refractivity contribution >= 4 is 11.8 Å². The molecule has 1 saturated heterocycles. The number of benzene rings is 2. The molecule has 1 unspecified atom stereocenters. The zero-order valence-electron chi connectivity index (χ0n) is 16.9. The van der Waals surface area contributed by atoms with E-state index in [1.165, 1.54) is 11.3 Å². The van der Waals surface area contributed by atoms with Crippen molar-refractivity contribution in [3.8, 4) is 17.2 Å². The third-order valence-electron chi connectivity index (χ3n) is 5.51. The van der Waals surface area contributed by atoms with E-state index in [1.807, 2.05) is 24.3 Å². The van der Waals surface area contributed by atoms with Crippen LogP contribution in [-0.2, 0) is 17.0 Å². The van der Waals surface area contributed by atoms with Gasteiger partial charge in [-0.05, 0) is 49.4 Å². The minimum absolute atomic E-state index is 0.307. The van der Waals surface area contributed by atoms with Crippen LogP contribution in [-0.4, -0.2) is 22.3 Å². The van der Waals surface area contributed by atoms with Crippen LogP contribution >= 0.6 is 11.8 Å². The Hall–Kier alpha value is -2.55. The Bertz CT molecular complexity index is 1030. The summed E-state index contributed by atoms with van der Waals surface area (Å²) in [6.45, 7) is 5.98. The molecule has 1 aliphatic rings. The SMILES string of the molecule is Cc1nc(SCc2ccc(-c3ccccc3C#N)cc2)n(CC2CCCO2)c1C. The second-order valence-electron chi connectivity index (χ2n) is 7.45. The topological polar surface area (TPSA) is 50.8 Å². The van der Waals surface area contributed by atoms with E-state index in [9.17, 15) is 5.26 Å². The van der Waals surface area contributed by atoms with E-state index in [1.54, 1.807) is 11.8 Å². The molecule has 2 heterocycles. The molecule has 29 heavy (non-hydrogen) atoms. The van der Waals surface area contributed by atoms with Gasteiger partial charge in [0, 0.05) is 18.1 Å². The number of ether oxygens (including phenoxy) is 1.